The Balaban J connectivity index is 1.77. The standard InChI is InChI=1S/C18H23ClN2OS/c1-3-14(15-7-5-4-6-8-15)11-20-18(22)13-21(2)12-16-9-10-17(19)23-16/h4-10,14H,3,11-13H2,1-2H3,(H,20,22). The van der Waals surface area contributed by atoms with Gasteiger partial charge in [-0.3, -0.25) is 9.69 Å². The van der Waals surface area contributed by atoms with E-state index in [4.69, 9.17) is 11.6 Å². The van der Waals surface area contributed by atoms with Crippen LogP contribution in [0.5, 0.6) is 0 Å². The maximum Gasteiger partial charge on any atom is 0.234 e. The molecule has 2 rings (SSSR count). The monoisotopic (exact) mass is 350 g/mol. The number of halogens is 1. The maximum absolute atomic E-state index is 12.1. The molecule has 23 heavy (non-hydrogen) atoms. The van der Waals surface area contributed by atoms with E-state index in [1.54, 1.807) is 11.3 Å². The average molecular weight is 351 g/mol. The number of likely N-dealkylation sites (N-methyl/N-ethyl adjacent to an activating group) is 1. The third-order valence-corrected chi connectivity index (χ3v) is 4.99. The highest BCUT2D eigenvalue weighted by atomic mass is 35.5. The summed E-state index contributed by atoms with van der Waals surface area (Å²) in [5.41, 5.74) is 1.27. The Hall–Kier alpha value is -1.36. The van der Waals surface area contributed by atoms with Gasteiger partial charge in [0.2, 0.25) is 5.91 Å². The van der Waals surface area contributed by atoms with E-state index in [-0.39, 0.29) is 5.91 Å². The van der Waals surface area contributed by atoms with E-state index in [0.29, 0.717) is 19.0 Å². The zero-order chi connectivity index (χ0) is 16.7. The van der Waals surface area contributed by atoms with Crippen molar-refractivity contribution in [3.8, 4) is 0 Å². The summed E-state index contributed by atoms with van der Waals surface area (Å²) in [5, 5.41) is 3.05. The number of benzene rings is 1. The molecule has 0 radical (unpaired) electrons. The third-order valence-electron chi connectivity index (χ3n) is 3.78. The van der Waals surface area contributed by atoms with Crippen molar-refractivity contribution in [1.82, 2.24) is 10.2 Å². The predicted molar refractivity (Wildman–Crippen MR) is 98.1 cm³/mol. The number of nitrogens with one attached hydrogen (secondary N) is 1. The van der Waals surface area contributed by atoms with Gasteiger partial charge in [-0.05, 0) is 31.2 Å². The molecule has 5 heteroatoms. The van der Waals surface area contributed by atoms with Gasteiger partial charge in [0.15, 0.2) is 0 Å². The van der Waals surface area contributed by atoms with Crippen LogP contribution < -0.4 is 5.32 Å². The van der Waals surface area contributed by atoms with Gasteiger partial charge in [0, 0.05) is 23.9 Å². The minimum atomic E-state index is 0.0598. The van der Waals surface area contributed by atoms with Crippen LogP contribution in [0.4, 0.5) is 0 Å². The van der Waals surface area contributed by atoms with E-state index in [1.165, 1.54) is 10.4 Å². The van der Waals surface area contributed by atoms with Crippen molar-refractivity contribution in [2.75, 3.05) is 20.1 Å². The topological polar surface area (TPSA) is 32.3 Å². The van der Waals surface area contributed by atoms with Gasteiger partial charge in [0.25, 0.3) is 0 Å². The van der Waals surface area contributed by atoms with Crippen LogP contribution >= 0.6 is 22.9 Å². The number of carbonyl (C=O) groups excluding carboxylic acids is 1. The highest BCUT2D eigenvalue weighted by Crippen LogP contribution is 2.22. The fourth-order valence-corrected chi connectivity index (χ4v) is 3.69. The van der Waals surface area contributed by atoms with Crippen LogP contribution in [0.2, 0.25) is 4.34 Å². The summed E-state index contributed by atoms with van der Waals surface area (Å²) in [7, 11) is 1.95. The second kappa shape index (κ2) is 9.06. The van der Waals surface area contributed by atoms with Crippen molar-refractivity contribution in [1.29, 1.82) is 0 Å². The third kappa shape index (κ3) is 5.98. The average Bonchev–Trinajstić information content (AvgIpc) is 2.93. The lowest BCUT2D eigenvalue weighted by atomic mass is 9.96. The van der Waals surface area contributed by atoms with Gasteiger partial charge >= 0.3 is 0 Å². The van der Waals surface area contributed by atoms with Gasteiger partial charge in [-0.2, -0.15) is 0 Å². The van der Waals surface area contributed by atoms with Crippen LogP contribution in [0.25, 0.3) is 0 Å². The largest absolute Gasteiger partial charge is 0.354 e. The molecule has 1 aromatic carbocycles. The molecule has 3 nitrogen and oxygen atoms in total. The van der Waals surface area contributed by atoms with Crippen molar-refractivity contribution in [3.05, 3.63) is 57.2 Å². The van der Waals surface area contributed by atoms with Crippen molar-refractivity contribution < 1.29 is 4.79 Å². The second-order valence-electron chi connectivity index (χ2n) is 5.70. The van der Waals surface area contributed by atoms with E-state index < -0.39 is 0 Å². The van der Waals surface area contributed by atoms with Gasteiger partial charge < -0.3 is 5.32 Å². The molecule has 1 heterocycles. The molecule has 124 valence electrons. The van der Waals surface area contributed by atoms with Crippen molar-refractivity contribution in [3.63, 3.8) is 0 Å². The molecule has 1 atom stereocenters. The molecule has 1 N–H and O–H groups in total. The molecule has 0 bridgehead atoms. The first-order chi connectivity index (χ1) is 11.1. The fraction of sp³-hybridized carbons (Fsp3) is 0.389. The first kappa shape index (κ1) is 18.0. The Labute approximate surface area is 147 Å². The van der Waals surface area contributed by atoms with Gasteiger partial charge in [-0.1, -0.05) is 48.9 Å². The normalized spacial score (nSPS) is 12.3. The smallest absolute Gasteiger partial charge is 0.234 e. The number of nitrogens with zero attached hydrogens (tertiary/aromatic N) is 1. The van der Waals surface area contributed by atoms with Crippen LogP contribution in [-0.4, -0.2) is 30.9 Å². The van der Waals surface area contributed by atoms with E-state index in [2.05, 4.69) is 24.4 Å². The van der Waals surface area contributed by atoms with Crippen LogP contribution in [0.1, 0.15) is 29.7 Å². The van der Waals surface area contributed by atoms with Crippen molar-refractivity contribution in [2.24, 2.45) is 0 Å². The summed E-state index contributed by atoms with van der Waals surface area (Å²) >= 11 is 7.48. The molecule has 0 aliphatic rings. The number of hydrogen-bond acceptors (Lipinski definition) is 3. The maximum atomic E-state index is 12.1. The molecule has 1 aromatic heterocycles. The number of amides is 1. The Morgan fingerprint density at radius 2 is 2.00 bits per heavy atom. The van der Waals surface area contributed by atoms with Crippen LogP contribution in [0.3, 0.4) is 0 Å². The zero-order valence-electron chi connectivity index (χ0n) is 13.6. The highest BCUT2D eigenvalue weighted by molar-refractivity contribution is 7.16. The first-order valence-corrected chi connectivity index (χ1v) is 9.02. The Morgan fingerprint density at radius 3 is 2.61 bits per heavy atom. The summed E-state index contributed by atoms with van der Waals surface area (Å²) in [6, 6.07) is 14.2. The lowest BCUT2D eigenvalue weighted by Gasteiger charge is -2.19. The van der Waals surface area contributed by atoms with Gasteiger partial charge in [0.05, 0.1) is 10.9 Å². The number of hydrogen-bond donors (Lipinski definition) is 1. The summed E-state index contributed by atoms with van der Waals surface area (Å²) in [6.45, 7) is 3.95. The van der Waals surface area contributed by atoms with Crippen molar-refractivity contribution in [2.45, 2.75) is 25.8 Å². The molecule has 0 aliphatic heterocycles. The minimum Gasteiger partial charge on any atom is -0.354 e. The lowest BCUT2D eigenvalue weighted by Crippen LogP contribution is -2.36. The van der Waals surface area contributed by atoms with Crippen molar-refractivity contribution >= 4 is 28.8 Å². The zero-order valence-corrected chi connectivity index (χ0v) is 15.2. The van der Waals surface area contributed by atoms with Gasteiger partial charge in [-0.25, -0.2) is 0 Å². The fourth-order valence-electron chi connectivity index (χ4n) is 2.52. The molecule has 0 saturated heterocycles. The molecule has 0 fully saturated rings. The second-order valence-corrected chi connectivity index (χ2v) is 7.50. The molecule has 1 amide bonds. The quantitative estimate of drug-likeness (QED) is 0.775. The summed E-state index contributed by atoms with van der Waals surface area (Å²) < 4.78 is 0.784. The number of carbonyl (C=O) groups is 1. The SMILES string of the molecule is CCC(CNC(=O)CN(C)Cc1ccc(Cl)s1)c1ccccc1. The molecule has 0 aliphatic carbocycles. The molecule has 2 aromatic rings. The van der Waals surface area contributed by atoms with E-state index >= 15 is 0 Å². The summed E-state index contributed by atoms with van der Waals surface area (Å²) in [4.78, 5) is 15.3. The number of rotatable bonds is 8. The molecular formula is C18H23ClN2OS. The Kier molecular flexibility index (Phi) is 7.09. The number of thiophene rings is 1. The molecule has 1 unspecified atom stereocenters. The van der Waals surface area contributed by atoms with E-state index in [9.17, 15) is 4.79 Å². The van der Waals surface area contributed by atoms with E-state index in [0.717, 1.165) is 17.3 Å². The lowest BCUT2D eigenvalue weighted by molar-refractivity contribution is -0.122. The van der Waals surface area contributed by atoms with Gasteiger partial charge in [-0.15, -0.1) is 11.3 Å². The predicted octanol–water partition coefficient (Wildman–Crippen LogP) is 4.14. The van der Waals surface area contributed by atoms with E-state index in [1.807, 2.05) is 42.3 Å². The Bertz CT molecular complexity index is 614. The first-order valence-electron chi connectivity index (χ1n) is 7.83. The van der Waals surface area contributed by atoms with Crippen LogP contribution in [0, 0.1) is 0 Å². The molecule has 0 saturated carbocycles. The Morgan fingerprint density at radius 1 is 1.26 bits per heavy atom. The highest BCUT2D eigenvalue weighted by Gasteiger charge is 2.12. The summed E-state index contributed by atoms with van der Waals surface area (Å²) in [6.07, 6.45) is 1.01. The molecular weight excluding hydrogens is 328 g/mol. The van der Waals surface area contributed by atoms with Crippen LogP contribution in [-0.2, 0) is 11.3 Å². The summed E-state index contributed by atoms with van der Waals surface area (Å²) in [5.74, 6) is 0.422. The minimum absolute atomic E-state index is 0.0598. The molecule has 0 spiro atoms. The van der Waals surface area contributed by atoms with Crippen LogP contribution in [0.15, 0.2) is 42.5 Å². The van der Waals surface area contributed by atoms with Gasteiger partial charge in [0.1, 0.15) is 0 Å².